The van der Waals surface area contributed by atoms with Gasteiger partial charge in [-0.05, 0) is 135 Å². The molecule has 17 nitrogen and oxygen atoms in total. The van der Waals surface area contributed by atoms with E-state index >= 15 is 0 Å². The molecule has 0 heterocycles. The average molecular weight is 1390 g/mol. The highest BCUT2D eigenvalue weighted by molar-refractivity contribution is 7.47. The lowest BCUT2D eigenvalue weighted by Gasteiger charge is -2.21. The van der Waals surface area contributed by atoms with Gasteiger partial charge in [-0.15, -0.1) is 0 Å². The molecule has 550 valence electrons. The molecule has 0 aromatic heterocycles. The van der Waals surface area contributed by atoms with Crippen molar-refractivity contribution in [1.29, 1.82) is 0 Å². The molecule has 0 radical (unpaired) electrons. The molecule has 0 saturated carbocycles. The molecule has 0 aromatic rings. The molecule has 0 bridgehead atoms. The first-order chi connectivity index (χ1) is 46.7. The number of carbonyl (C=O) groups excluding carboxylic acids is 4. The lowest BCUT2D eigenvalue weighted by Crippen LogP contribution is -2.30. The zero-order valence-electron chi connectivity index (χ0n) is 59.8. The molecule has 5 unspecified atom stereocenters. The minimum absolute atomic E-state index is 0.0325. The molecule has 0 spiro atoms. The third-order valence-electron chi connectivity index (χ3n) is 14.9. The summed E-state index contributed by atoms with van der Waals surface area (Å²) in [6.07, 6.45) is 73.7. The molecule has 0 aliphatic heterocycles. The topological polar surface area (TPSA) is 237 Å². The third kappa shape index (κ3) is 68.0. The first-order valence-electron chi connectivity index (χ1n) is 36.8. The van der Waals surface area contributed by atoms with Crippen LogP contribution in [-0.4, -0.2) is 96.7 Å². The van der Waals surface area contributed by atoms with E-state index in [1.165, 1.54) is 38.5 Å². The molecule has 0 aromatic carbocycles. The Bertz CT molecular complexity index is 2300. The predicted molar refractivity (Wildman–Crippen MR) is 390 cm³/mol. The third-order valence-corrected chi connectivity index (χ3v) is 16.8. The van der Waals surface area contributed by atoms with Crippen molar-refractivity contribution in [1.82, 2.24) is 0 Å². The number of rotatable bonds is 68. The van der Waals surface area contributed by atoms with Crippen LogP contribution in [0.25, 0.3) is 0 Å². The van der Waals surface area contributed by atoms with E-state index in [-0.39, 0.29) is 25.7 Å². The summed E-state index contributed by atoms with van der Waals surface area (Å²) < 4.78 is 68.2. The minimum Gasteiger partial charge on any atom is -0.462 e. The number of aliphatic hydroxyl groups is 1. The summed E-state index contributed by atoms with van der Waals surface area (Å²) in [4.78, 5) is 72.6. The van der Waals surface area contributed by atoms with E-state index in [1.807, 2.05) is 18.2 Å². The Kier molecular flexibility index (Phi) is 65.7. The van der Waals surface area contributed by atoms with Crippen molar-refractivity contribution in [3.63, 3.8) is 0 Å². The average Bonchev–Trinajstić information content (AvgIpc) is 1.17. The van der Waals surface area contributed by atoms with Crippen LogP contribution >= 0.6 is 15.6 Å². The van der Waals surface area contributed by atoms with E-state index in [9.17, 15) is 43.2 Å². The second-order valence-corrected chi connectivity index (χ2v) is 27.0. The van der Waals surface area contributed by atoms with Gasteiger partial charge >= 0.3 is 39.5 Å². The number of ether oxygens (including phenoxy) is 4. The van der Waals surface area contributed by atoms with Gasteiger partial charge in [-0.1, -0.05) is 246 Å². The second-order valence-electron chi connectivity index (χ2n) is 24.1. The Morgan fingerprint density at radius 3 is 0.979 bits per heavy atom. The Labute approximate surface area is 581 Å². The van der Waals surface area contributed by atoms with E-state index in [1.54, 1.807) is 0 Å². The summed E-state index contributed by atoms with van der Waals surface area (Å²) in [7, 11) is -9.97. The highest BCUT2D eigenvalue weighted by Crippen LogP contribution is 2.45. The number of phosphoric acid groups is 2. The van der Waals surface area contributed by atoms with E-state index in [4.69, 9.17) is 37.0 Å². The first-order valence-corrected chi connectivity index (χ1v) is 39.8. The van der Waals surface area contributed by atoms with Crippen LogP contribution in [0.5, 0.6) is 0 Å². The van der Waals surface area contributed by atoms with Gasteiger partial charge in [0.1, 0.15) is 19.3 Å². The van der Waals surface area contributed by atoms with Gasteiger partial charge < -0.3 is 33.8 Å². The van der Waals surface area contributed by atoms with Gasteiger partial charge in [0, 0.05) is 25.7 Å². The monoisotopic (exact) mass is 1390 g/mol. The molecule has 19 heteroatoms. The number of hydrogen-bond donors (Lipinski definition) is 3. The van der Waals surface area contributed by atoms with Crippen molar-refractivity contribution in [2.45, 2.75) is 303 Å². The summed E-state index contributed by atoms with van der Waals surface area (Å²) in [5, 5.41) is 10.6. The molecule has 96 heavy (non-hydrogen) atoms. The SMILES string of the molecule is CC/C=C\C/C=C\C/C=C\C/C=C\C/C=C\C/C=C\CCC(=O)OCC(COP(=O)(O)OCC(O)COP(=O)(O)OCC(COC(=O)CCCCCCC/C=C\C/C=C\CCC)OC(=O)CCCCCCC/C=C\CCCC)OC(=O)CCCCCCC/C=C\CCCCCC. The van der Waals surface area contributed by atoms with E-state index in [2.05, 4.69) is 131 Å². The lowest BCUT2D eigenvalue weighted by atomic mass is 10.1. The Morgan fingerprint density at radius 1 is 0.302 bits per heavy atom. The molecule has 3 N–H and O–H groups in total. The molecule has 0 aliphatic carbocycles. The van der Waals surface area contributed by atoms with Gasteiger partial charge in [0.15, 0.2) is 12.2 Å². The first kappa shape index (κ1) is 91.5. The van der Waals surface area contributed by atoms with Crippen LogP contribution < -0.4 is 0 Å². The summed E-state index contributed by atoms with van der Waals surface area (Å²) in [5.74, 6) is -2.31. The van der Waals surface area contributed by atoms with Gasteiger partial charge in [0.05, 0.1) is 26.4 Å². The van der Waals surface area contributed by atoms with Crippen LogP contribution in [0.2, 0.25) is 0 Å². The Morgan fingerprint density at radius 2 is 0.594 bits per heavy atom. The molecule has 0 rings (SSSR count). The van der Waals surface area contributed by atoms with Crippen LogP contribution in [0.1, 0.15) is 285 Å². The lowest BCUT2D eigenvalue weighted by molar-refractivity contribution is -0.161. The van der Waals surface area contributed by atoms with Gasteiger partial charge in [0.2, 0.25) is 0 Å². The summed E-state index contributed by atoms with van der Waals surface area (Å²) in [6, 6.07) is 0. The fourth-order valence-electron chi connectivity index (χ4n) is 9.26. The minimum atomic E-state index is -4.99. The summed E-state index contributed by atoms with van der Waals surface area (Å²) >= 11 is 0. The zero-order valence-corrected chi connectivity index (χ0v) is 61.5. The van der Waals surface area contributed by atoms with Crippen molar-refractivity contribution in [2.24, 2.45) is 0 Å². The van der Waals surface area contributed by atoms with Crippen LogP contribution in [0.3, 0.4) is 0 Å². The van der Waals surface area contributed by atoms with Gasteiger partial charge in [-0.3, -0.25) is 37.3 Å². The molecular weight excluding hydrogens is 1260 g/mol. The van der Waals surface area contributed by atoms with E-state index < -0.39 is 97.5 Å². The number of allylic oxidation sites excluding steroid dienone is 20. The van der Waals surface area contributed by atoms with Gasteiger partial charge in [-0.25, -0.2) is 9.13 Å². The molecule has 0 saturated heterocycles. The maximum Gasteiger partial charge on any atom is 0.472 e. The maximum atomic E-state index is 13.0. The predicted octanol–water partition coefficient (Wildman–Crippen LogP) is 20.8. The van der Waals surface area contributed by atoms with Gasteiger partial charge in [0.25, 0.3) is 0 Å². The Balaban J connectivity index is 5.40. The number of phosphoric ester groups is 2. The fourth-order valence-corrected chi connectivity index (χ4v) is 10.8. The number of hydrogen-bond acceptors (Lipinski definition) is 15. The van der Waals surface area contributed by atoms with Gasteiger partial charge in [-0.2, -0.15) is 0 Å². The highest BCUT2D eigenvalue weighted by Gasteiger charge is 2.30. The van der Waals surface area contributed by atoms with Crippen molar-refractivity contribution in [3.05, 3.63) is 122 Å². The van der Waals surface area contributed by atoms with E-state index in [0.717, 1.165) is 161 Å². The smallest absolute Gasteiger partial charge is 0.462 e. The van der Waals surface area contributed by atoms with Crippen LogP contribution in [0.15, 0.2) is 122 Å². The number of unbranched alkanes of at least 4 members (excludes halogenated alkanes) is 22. The fraction of sp³-hybridized carbons (Fsp3) is 0.688. The summed E-state index contributed by atoms with van der Waals surface area (Å²) in [6.45, 7) is 4.50. The second kappa shape index (κ2) is 69.0. The van der Waals surface area contributed by atoms with Crippen molar-refractivity contribution < 1.29 is 80.2 Å². The maximum absolute atomic E-state index is 13.0. The standard InChI is InChI=1S/C77H130O17P2/c1-5-9-13-17-21-25-29-32-33-34-35-36-37-40-43-46-50-54-58-62-75(80)88-68-73(94-77(82)64-60-56-52-48-44-39-31-27-23-19-15-11-7-3)70-92-96(85,86)90-66-71(78)65-89-95(83,84)91-69-72(93-76(81)63-59-55-51-47-41-28-24-20-16-12-8-4)67-87-74(79)61-57-53-49-45-42-38-30-26-22-18-14-10-6-2/h9,13-14,18,20-21,24-27,30-33,35-36,40,43,50,54,71-73,78H,5-8,10-12,15-17,19,22-23,28-29,34,37-39,41-42,44-49,51-53,55-70H2,1-4H3,(H,83,84)(H,85,86)/b13-9-,18-14-,24-20-,25-21-,30-26-,31-27-,33-32-,36-35-,43-40-,54-50-. The quantitative estimate of drug-likeness (QED) is 0.0169. The molecule has 0 amide bonds. The number of carbonyl (C=O) groups is 4. The highest BCUT2D eigenvalue weighted by atomic mass is 31.2. The normalized spacial score (nSPS) is 14.7. The van der Waals surface area contributed by atoms with E-state index in [0.29, 0.717) is 32.1 Å². The van der Waals surface area contributed by atoms with Crippen molar-refractivity contribution in [3.8, 4) is 0 Å². The molecule has 5 atom stereocenters. The van der Waals surface area contributed by atoms with Crippen LogP contribution in [0.4, 0.5) is 0 Å². The zero-order chi connectivity index (χ0) is 70.4. The molecular formula is C77H130O17P2. The van der Waals surface area contributed by atoms with Crippen LogP contribution in [0, 0.1) is 0 Å². The summed E-state index contributed by atoms with van der Waals surface area (Å²) in [5.41, 5.74) is 0. The molecule has 0 fully saturated rings. The largest absolute Gasteiger partial charge is 0.472 e. The van der Waals surface area contributed by atoms with Crippen LogP contribution in [-0.2, 0) is 65.4 Å². The number of aliphatic hydroxyl groups excluding tert-OH is 1. The molecule has 0 aliphatic rings. The van der Waals surface area contributed by atoms with Crippen molar-refractivity contribution >= 4 is 39.5 Å². The Hall–Kier alpha value is -4.54. The van der Waals surface area contributed by atoms with Crippen molar-refractivity contribution in [2.75, 3.05) is 39.6 Å². The number of esters is 4.